The molecule has 0 unspecified atom stereocenters. The van der Waals surface area contributed by atoms with Crippen LogP contribution in [0.4, 0.5) is 13.2 Å². The zero-order valence-corrected chi connectivity index (χ0v) is 18.1. The third kappa shape index (κ3) is 4.39. The molecular formula is C20H15ClF3N5O2S. The normalized spacial score (nSPS) is 11.8. The van der Waals surface area contributed by atoms with Crippen molar-refractivity contribution in [1.82, 2.24) is 24.2 Å². The Morgan fingerprint density at radius 2 is 2.03 bits per heavy atom. The van der Waals surface area contributed by atoms with Gasteiger partial charge in [0.15, 0.2) is 5.65 Å². The second-order valence-electron chi connectivity index (χ2n) is 6.97. The SMILES string of the molecule is CN(Cc1ccc(Cl)s1)C(=O)Cn1cnc2c(cnn2-c2cccc(C(F)(F)F)c2)c1=O. The van der Waals surface area contributed by atoms with Crippen LogP contribution in [-0.2, 0) is 24.1 Å². The lowest BCUT2D eigenvalue weighted by atomic mass is 10.2. The van der Waals surface area contributed by atoms with Crippen molar-refractivity contribution in [2.45, 2.75) is 19.3 Å². The molecule has 0 spiro atoms. The summed E-state index contributed by atoms with van der Waals surface area (Å²) in [6.07, 6.45) is -2.10. The number of carbonyl (C=O) groups is 1. The maximum Gasteiger partial charge on any atom is 0.416 e. The van der Waals surface area contributed by atoms with E-state index in [2.05, 4.69) is 10.1 Å². The first-order chi connectivity index (χ1) is 15.1. The van der Waals surface area contributed by atoms with Crippen LogP contribution in [0.2, 0.25) is 4.34 Å². The van der Waals surface area contributed by atoms with E-state index >= 15 is 0 Å². The maximum atomic E-state index is 13.0. The van der Waals surface area contributed by atoms with Gasteiger partial charge in [0.25, 0.3) is 5.56 Å². The number of rotatable bonds is 5. The number of likely N-dealkylation sites (N-methyl/N-ethyl adjacent to an activating group) is 1. The van der Waals surface area contributed by atoms with Crippen LogP contribution in [0, 0.1) is 0 Å². The number of carbonyl (C=O) groups excluding carboxylic acids is 1. The van der Waals surface area contributed by atoms with Crippen LogP contribution in [0.5, 0.6) is 0 Å². The van der Waals surface area contributed by atoms with Crippen molar-refractivity contribution < 1.29 is 18.0 Å². The Kier molecular flexibility index (Phi) is 5.78. The number of hydrogen-bond donors (Lipinski definition) is 0. The Morgan fingerprint density at radius 3 is 2.72 bits per heavy atom. The van der Waals surface area contributed by atoms with Crippen LogP contribution in [0.25, 0.3) is 16.7 Å². The number of thiophene rings is 1. The lowest BCUT2D eigenvalue weighted by molar-refractivity contribution is -0.137. The van der Waals surface area contributed by atoms with Crippen molar-refractivity contribution in [3.05, 3.63) is 74.1 Å². The molecule has 0 fully saturated rings. The highest BCUT2D eigenvalue weighted by Crippen LogP contribution is 2.30. The Balaban J connectivity index is 1.59. The molecule has 1 amide bonds. The minimum atomic E-state index is -4.51. The largest absolute Gasteiger partial charge is 0.416 e. The number of nitrogens with zero attached hydrogens (tertiary/aromatic N) is 5. The van der Waals surface area contributed by atoms with Gasteiger partial charge in [0.1, 0.15) is 18.3 Å². The number of aromatic nitrogens is 4. The van der Waals surface area contributed by atoms with Crippen LogP contribution in [0.3, 0.4) is 0 Å². The molecule has 0 bridgehead atoms. The van der Waals surface area contributed by atoms with Gasteiger partial charge in [-0.15, -0.1) is 11.3 Å². The number of amides is 1. The molecule has 0 aliphatic rings. The Labute approximate surface area is 188 Å². The molecule has 3 aromatic heterocycles. The second kappa shape index (κ2) is 8.40. The average molecular weight is 482 g/mol. The summed E-state index contributed by atoms with van der Waals surface area (Å²) in [5.41, 5.74) is -1.15. The maximum absolute atomic E-state index is 13.0. The first-order valence-electron chi connectivity index (χ1n) is 9.22. The summed E-state index contributed by atoms with van der Waals surface area (Å²) in [5, 5.41) is 4.12. The summed E-state index contributed by atoms with van der Waals surface area (Å²) in [5.74, 6) is -0.317. The molecule has 0 atom stereocenters. The van der Waals surface area contributed by atoms with Gasteiger partial charge in [-0.3, -0.25) is 14.2 Å². The molecule has 1 aromatic carbocycles. The van der Waals surface area contributed by atoms with Crippen molar-refractivity contribution in [2.75, 3.05) is 7.05 Å². The molecule has 7 nitrogen and oxygen atoms in total. The number of fused-ring (bicyclic) bond motifs is 1. The summed E-state index contributed by atoms with van der Waals surface area (Å²) in [6, 6.07) is 8.12. The molecular weight excluding hydrogens is 467 g/mol. The highest BCUT2D eigenvalue weighted by atomic mass is 35.5. The second-order valence-corrected chi connectivity index (χ2v) is 8.77. The van der Waals surface area contributed by atoms with Crippen LogP contribution in [0.15, 0.2) is 53.7 Å². The Hall–Kier alpha value is -3.18. The minimum absolute atomic E-state index is 0.0883. The van der Waals surface area contributed by atoms with Crippen molar-refractivity contribution in [2.24, 2.45) is 0 Å². The van der Waals surface area contributed by atoms with Crippen LogP contribution in [0.1, 0.15) is 10.4 Å². The fraction of sp³-hybridized carbons (Fsp3) is 0.200. The molecule has 166 valence electrons. The van der Waals surface area contributed by atoms with Gasteiger partial charge < -0.3 is 4.90 Å². The molecule has 3 heterocycles. The zero-order chi connectivity index (χ0) is 23.0. The standard InChI is InChI=1S/C20H15ClF3N5O2S/c1-27(9-14-5-6-16(21)32-14)17(30)10-28-11-25-18-15(19(28)31)8-26-29(18)13-4-2-3-12(7-13)20(22,23)24/h2-8,11H,9-10H2,1H3. The first kappa shape index (κ1) is 22.0. The van der Waals surface area contributed by atoms with Gasteiger partial charge in [-0.25, -0.2) is 9.67 Å². The zero-order valence-electron chi connectivity index (χ0n) is 16.5. The minimum Gasteiger partial charge on any atom is -0.339 e. The van der Waals surface area contributed by atoms with Crippen molar-refractivity contribution >= 4 is 39.9 Å². The monoisotopic (exact) mass is 481 g/mol. The average Bonchev–Trinajstić information content (AvgIpc) is 3.36. The summed E-state index contributed by atoms with van der Waals surface area (Å²) >= 11 is 7.26. The van der Waals surface area contributed by atoms with E-state index in [1.54, 1.807) is 13.1 Å². The quantitative estimate of drug-likeness (QED) is 0.432. The fourth-order valence-corrected chi connectivity index (χ4v) is 4.23. The molecule has 32 heavy (non-hydrogen) atoms. The summed E-state index contributed by atoms with van der Waals surface area (Å²) in [4.78, 5) is 31.9. The molecule has 0 N–H and O–H groups in total. The molecule has 12 heteroatoms. The lowest BCUT2D eigenvalue weighted by Gasteiger charge is -2.16. The van der Waals surface area contributed by atoms with E-state index in [0.717, 1.165) is 26.3 Å². The Morgan fingerprint density at radius 1 is 1.25 bits per heavy atom. The van der Waals surface area contributed by atoms with E-state index in [0.29, 0.717) is 10.9 Å². The van der Waals surface area contributed by atoms with Gasteiger partial charge >= 0.3 is 6.18 Å². The Bertz CT molecular complexity index is 1360. The molecule has 0 aliphatic heterocycles. The number of alkyl halides is 3. The van der Waals surface area contributed by atoms with Gasteiger partial charge in [-0.05, 0) is 30.3 Å². The number of halogens is 4. The van der Waals surface area contributed by atoms with E-state index < -0.39 is 17.3 Å². The van der Waals surface area contributed by atoms with Crippen molar-refractivity contribution in [3.8, 4) is 5.69 Å². The summed E-state index contributed by atoms with van der Waals surface area (Å²) in [6.45, 7) is 0.0975. The van der Waals surface area contributed by atoms with Gasteiger partial charge in [0, 0.05) is 11.9 Å². The van der Waals surface area contributed by atoms with E-state index in [1.807, 2.05) is 6.07 Å². The number of benzene rings is 1. The third-order valence-corrected chi connectivity index (χ3v) is 5.94. The van der Waals surface area contributed by atoms with E-state index in [9.17, 15) is 22.8 Å². The van der Waals surface area contributed by atoms with Crippen LogP contribution >= 0.6 is 22.9 Å². The van der Waals surface area contributed by atoms with E-state index in [1.165, 1.54) is 40.9 Å². The molecule has 0 saturated heterocycles. The van der Waals surface area contributed by atoms with Gasteiger partial charge in [0.05, 0.1) is 28.3 Å². The molecule has 4 aromatic rings. The lowest BCUT2D eigenvalue weighted by Crippen LogP contribution is -2.33. The van der Waals surface area contributed by atoms with Gasteiger partial charge in [-0.2, -0.15) is 18.3 Å². The van der Waals surface area contributed by atoms with Gasteiger partial charge in [-0.1, -0.05) is 17.7 Å². The molecule has 0 radical (unpaired) electrons. The van der Waals surface area contributed by atoms with E-state index in [-0.39, 0.29) is 29.2 Å². The smallest absolute Gasteiger partial charge is 0.339 e. The van der Waals surface area contributed by atoms with Crippen LogP contribution < -0.4 is 5.56 Å². The summed E-state index contributed by atoms with van der Waals surface area (Å²) < 4.78 is 42.0. The molecule has 0 aliphatic carbocycles. The molecule has 4 rings (SSSR count). The fourth-order valence-electron chi connectivity index (χ4n) is 3.09. The van der Waals surface area contributed by atoms with Crippen LogP contribution in [-0.4, -0.2) is 37.2 Å². The van der Waals surface area contributed by atoms with E-state index in [4.69, 9.17) is 11.6 Å². The number of hydrogen-bond acceptors (Lipinski definition) is 5. The van der Waals surface area contributed by atoms with Gasteiger partial charge in [0.2, 0.25) is 5.91 Å². The third-order valence-electron chi connectivity index (χ3n) is 4.73. The highest BCUT2D eigenvalue weighted by molar-refractivity contribution is 7.16. The van der Waals surface area contributed by atoms with Crippen molar-refractivity contribution in [3.63, 3.8) is 0 Å². The predicted molar refractivity (Wildman–Crippen MR) is 114 cm³/mol. The topological polar surface area (TPSA) is 73.0 Å². The summed E-state index contributed by atoms with van der Waals surface area (Å²) in [7, 11) is 1.61. The highest BCUT2D eigenvalue weighted by Gasteiger charge is 2.30. The van der Waals surface area contributed by atoms with Crippen molar-refractivity contribution in [1.29, 1.82) is 0 Å². The molecule has 0 saturated carbocycles. The predicted octanol–water partition coefficient (Wildman–Crippen LogP) is 3.97. The first-order valence-corrected chi connectivity index (χ1v) is 10.4.